The molecule has 0 aromatic carbocycles. The number of aromatic nitrogens is 3. The summed E-state index contributed by atoms with van der Waals surface area (Å²) in [6, 6.07) is 5.95. The molecule has 27 heavy (non-hydrogen) atoms. The summed E-state index contributed by atoms with van der Waals surface area (Å²) in [5, 5.41) is 0. The number of pyridine rings is 1. The lowest BCUT2D eigenvalue weighted by Gasteiger charge is -2.35. The second-order valence-electron chi connectivity index (χ2n) is 7.34. The summed E-state index contributed by atoms with van der Waals surface area (Å²) in [4.78, 5) is 29.2. The van der Waals surface area contributed by atoms with Gasteiger partial charge in [0.25, 0.3) is 5.56 Å². The first kappa shape index (κ1) is 19.4. The molecule has 0 radical (unpaired) electrons. The Morgan fingerprint density at radius 3 is 2.56 bits per heavy atom. The van der Waals surface area contributed by atoms with Crippen LogP contribution in [-0.2, 0) is 17.8 Å². The van der Waals surface area contributed by atoms with Crippen molar-refractivity contribution in [3.63, 3.8) is 0 Å². The van der Waals surface area contributed by atoms with E-state index < -0.39 is 0 Å². The summed E-state index contributed by atoms with van der Waals surface area (Å²) in [6.45, 7) is 7.94. The minimum atomic E-state index is -0.0418. The molecule has 3 rings (SSSR count). The molecule has 0 unspecified atom stereocenters. The molecule has 0 atom stereocenters. The highest BCUT2D eigenvalue weighted by Gasteiger charge is 2.21. The van der Waals surface area contributed by atoms with E-state index in [0.717, 1.165) is 56.1 Å². The molecular formula is C20H29N5O2. The molecule has 1 N–H and O–H groups in total. The minimum Gasteiger partial charge on any atom is -0.378 e. The van der Waals surface area contributed by atoms with Crippen molar-refractivity contribution >= 4 is 11.8 Å². The van der Waals surface area contributed by atoms with Crippen LogP contribution in [0.1, 0.15) is 31.5 Å². The van der Waals surface area contributed by atoms with Gasteiger partial charge in [0.15, 0.2) is 0 Å². The zero-order valence-electron chi connectivity index (χ0n) is 16.4. The molecule has 146 valence electrons. The van der Waals surface area contributed by atoms with E-state index >= 15 is 0 Å². The van der Waals surface area contributed by atoms with Gasteiger partial charge < -0.3 is 14.5 Å². The third-order valence-electron chi connectivity index (χ3n) is 4.89. The fourth-order valence-corrected chi connectivity index (χ4v) is 3.32. The molecule has 0 bridgehead atoms. The van der Waals surface area contributed by atoms with Crippen LogP contribution in [0.2, 0.25) is 0 Å². The average Bonchev–Trinajstić information content (AvgIpc) is 2.68. The van der Waals surface area contributed by atoms with Crippen molar-refractivity contribution in [3.05, 3.63) is 46.0 Å². The largest absolute Gasteiger partial charge is 0.378 e. The van der Waals surface area contributed by atoms with Crippen molar-refractivity contribution in [2.45, 2.75) is 33.3 Å². The SMILES string of the molecule is COCc1nc(N2CCN(c3ccccn3)CC2)[nH]c(=O)c1CCC(C)C. The standard InChI is InChI=1S/C20H29N5O2/c1-15(2)7-8-16-17(14-27-3)22-20(23-19(16)26)25-12-10-24(11-13-25)18-6-4-5-9-21-18/h4-6,9,15H,7-8,10-14H2,1-3H3,(H,22,23,26). The summed E-state index contributed by atoms with van der Waals surface area (Å²) in [6.07, 6.45) is 3.50. The predicted octanol–water partition coefficient (Wildman–Crippen LogP) is 2.23. The lowest BCUT2D eigenvalue weighted by molar-refractivity contribution is 0.180. The van der Waals surface area contributed by atoms with E-state index in [1.807, 2.05) is 24.4 Å². The Labute approximate surface area is 160 Å². The lowest BCUT2D eigenvalue weighted by Crippen LogP contribution is -2.48. The summed E-state index contributed by atoms with van der Waals surface area (Å²) in [5.41, 5.74) is 1.46. The average molecular weight is 371 g/mol. The van der Waals surface area contributed by atoms with Crippen LogP contribution in [0.3, 0.4) is 0 Å². The summed E-state index contributed by atoms with van der Waals surface area (Å²) >= 11 is 0. The van der Waals surface area contributed by atoms with Crippen molar-refractivity contribution in [1.29, 1.82) is 0 Å². The van der Waals surface area contributed by atoms with Gasteiger partial charge in [-0.05, 0) is 30.9 Å². The molecule has 1 aliphatic rings. The van der Waals surface area contributed by atoms with Crippen LogP contribution in [0.5, 0.6) is 0 Å². The number of H-pyrrole nitrogens is 1. The molecule has 3 heterocycles. The van der Waals surface area contributed by atoms with Crippen molar-refractivity contribution in [2.75, 3.05) is 43.1 Å². The van der Waals surface area contributed by atoms with Crippen LogP contribution in [0, 0.1) is 5.92 Å². The fraction of sp³-hybridized carbons (Fsp3) is 0.550. The van der Waals surface area contributed by atoms with Crippen LogP contribution in [0.15, 0.2) is 29.2 Å². The highest BCUT2D eigenvalue weighted by Crippen LogP contribution is 2.17. The fourth-order valence-electron chi connectivity index (χ4n) is 3.32. The van der Waals surface area contributed by atoms with E-state index in [0.29, 0.717) is 18.5 Å². The van der Waals surface area contributed by atoms with E-state index in [2.05, 4.69) is 33.6 Å². The second-order valence-corrected chi connectivity index (χ2v) is 7.34. The first-order valence-electron chi connectivity index (χ1n) is 9.60. The second kappa shape index (κ2) is 8.99. The van der Waals surface area contributed by atoms with Crippen molar-refractivity contribution in [3.8, 4) is 0 Å². The number of piperazine rings is 1. The Morgan fingerprint density at radius 2 is 1.93 bits per heavy atom. The molecule has 2 aromatic heterocycles. The number of nitrogens with one attached hydrogen (secondary N) is 1. The summed E-state index contributed by atoms with van der Waals surface area (Å²) < 4.78 is 5.30. The third-order valence-corrected chi connectivity index (χ3v) is 4.89. The number of hydrogen-bond donors (Lipinski definition) is 1. The molecule has 0 aliphatic carbocycles. The third kappa shape index (κ3) is 4.86. The molecule has 0 saturated carbocycles. The molecule has 1 saturated heterocycles. The zero-order valence-corrected chi connectivity index (χ0v) is 16.4. The van der Waals surface area contributed by atoms with Gasteiger partial charge in [-0.1, -0.05) is 19.9 Å². The number of hydrogen-bond acceptors (Lipinski definition) is 6. The van der Waals surface area contributed by atoms with Gasteiger partial charge in [-0.2, -0.15) is 0 Å². The molecular weight excluding hydrogens is 342 g/mol. The number of aromatic amines is 1. The number of ether oxygens (including phenoxy) is 1. The number of rotatable bonds is 7. The smallest absolute Gasteiger partial charge is 0.255 e. The highest BCUT2D eigenvalue weighted by molar-refractivity contribution is 5.42. The first-order chi connectivity index (χ1) is 13.1. The molecule has 0 spiro atoms. The van der Waals surface area contributed by atoms with Gasteiger partial charge in [-0.15, -0.1) is 0 Å². The monoisotopic (exact) mass is 371 g/mol. The van der Waals surface area contributed by atoms with Crippen LogP contribution in [0.4, 0.5) is 11.8 Å². The number of methoxy groups -OCH3 is 1. The molecule has 7 heteroatoms. The molecule has 0 amide bonds. The van der Waals surface area contributed by atoms with Crippen LogP contribution < -0.4 is 15.4 Å². The predicted molar refractivity (Wildman–Crippen MR) is 107 cm³/mol. The van der Waals surface area contributed by atoms with E-state index in [4.69, 9.17) is 9.72 Å². The van der Waals surface area contributed by atoms with E-state index in [-0.39, 0.29) is 5.56 Å². The quantitative estimate of drug-likeness (QED) is 0.804. The highest BCUT2D eigenvalue weighted by atomic mass is 16.5. The summed E-state index contributed by atoms with van der Waals surface area (Å²) in [5.74, 6) is 2.17. The zero-order chi connectivity index (χ0) is 19.2. The van der Waals surface area contributed by atoms with E-state index in [9.17, 15) is 4.79 Å². The molecule has 2 aromatic rings. The Hall–Kier alpha value is -2.41. The van der Waals surface area contributed by atoms with Crippen molar-refractivity contribution < 1.29 is 4.74 Å². The maximum atomic E-state index is 12.7. The Kier molecular flexibility index (Phi) is 6.45. The van der Waals surface area contributed by atoms with Crippen LogP contribution in [-0.4, -0.2) is 48.2 Å². The van der Waals surface area contributed by atoms with Gasteiger partial charge in [-0.25, -0.2) is 9.97 Å². The van der Waals surface area contributed by atoms with Crippen LogP contribution >= 0.6 is 0 Å². The van der Waals surface area contributed by atoms with Gasteiger partial charge in [0, 0.05) is 45.0 Å². The number of anilines is 2. The minimum absolute atomic E-state index is 0.0418. The van der Waals surface area contributed by atoms with E-state index in [1.54, 1.807) is 7.11 Å². The van der Waals surface area contributed by atoms with Gasteiger partial charge >= 0.3 is 0 Å². The van der Waals surface area contributed by atoms with Gasteiger partial charge in [0.2, 0.25) is 5.95 Å². The van der Waals surface area contributed by atoms with Crippen molar-refractivity contribution in [2.24, 2.45) is 5.92 Å². The maximum absolute atomic E-state index is 12.7. The molecule has 1 fully saturated rings. The Morgan fingerprint density at radius 1 is 1.19 bits per heavy atom. The summed E-state index contributed by atoms with van der Waals surface area (Å²) in [7, 11) is 1.64. The van der Waals surface area contributed by atoms with Gasteiger partial charge in [-0.3, -0.25) is 9.78 Å². The Balaban J connectivity index is 1.74. The molecule has 7 nitrogen and oxygen atoms in total. The van der Waals surface area contributed by atoms with Crippen molar-refractivity contribution in [1.82, 2.24) is 15.0 Å². The first-order valence-corrected chi connectivity index (χ1v) is 9.60. The maximum Gasteiger partial charge on any atom is 0.255 e. The molecule has 1 aliphatic heterocycles. The number of nitrogens with zero attached hydrogens (tertiary/aromatic N) is 4. The van der Waals surface area contributed by atoms with Gasteiger partial charge in [0.1, 0.15) is 5.82 Å². The van der Waals surface area contributed by atoms with E-state index in [1.165, 1.54) is 0 Å². The normalized spacial score (nSPS) is 14.8. The Bertz CT molecular complexity index is 783. The topological polar surface area (TPSA) is 74.3 Å². The lowest BCUT2D eigenvalue weighted by atomic mass is 10.0. The van der Waals surface area contributed by atoms with Crippen LogP contribution in [0.25, 0.3) is 0 Å². The van der Waals surface area contributed by atoms with Gasteiger partial charge in [0.05, 0.1) is 12.3 Å².